The molecule has 0 saturated carbocycles. The number of rotatable bonds is 2. The monoisotopic (exact) mass is 180 g/mol. The van der Waals surface area contributed by atoms with Crippen molar-refractivity contribution in [1.29, 1.82) is 0 Å². The van der Waals surface area contributed by atoms with E-state index in [4.69, 9.17) is 4.74 Å². The van der Waals surface area contributed by atoms with E-state index in [9.17, 15) is 4.79 Å². The number of nitrogens with one attached hydrogen (secondary N) is 1. The molecule has 13 heavy (non-hydrogen) atoms. The van der Waals surface area contributed by atoms with E-state index in [1.165, 1.54) is 4.63 Å². The van der Waals surface area contributed by atoms with Gasteiger partial charge < -0.3 is 4.74 Å². The van der Waals surface area contributed by atoms with Crippen molar-refractivity contribution in [2.24, 2.45) is 0 Å². The summed E-state index contributed by atoms with van der Waals surface area (Å²) in [5.41, 5.74) is 0.0644. The molecule has 0 saturated heterocycles. The number of ether oxygens (including phenoxy) is 1. The highest BCUT2D eigenvalue weighted by molar-refractivity contribution is 5.35. The van der Waals surface area contributed by atoms with E-state index in [-0.39, 0.29) is 0 Å². The van der Waals surface area contributed by atoms with Gasteiger partial charge in [-0.3, -0.25) is 0 Å². The normalized spacial score (nSPS) is 10.5. The lowest BCUT2D eigenvalue weighted by Crippen LogP contribution is -2.04. The molecule has 0 bridgehead atoms. The number of fused-ring (bicyclic) bond motifs is 1. The van der Waals surface area contributed by atoms with E-state index < -0.39 is 5.69 Å². The first kappa shape index (κ1) is 7.78. The SMILES string of the molecule is CCOc1ccc2nc(=O)[nH]n2n1. The summed E-state index contributed by atoms with van der Waals surface area (Å²) in [6, 6.07) is 3.33. The van der Waals surface area contributed by atoms with Gasteiger partial charge in [0.05, 0.1) is 6.61 Å². The van der Waals surface area contributed by atoms with Crippen LogP contribution in [0, 0.1) is 0 Å². The first-order chi connectivity index (χ1) is 6.29. The van der Waals surface area contributed by atoms with Gasteiger partial charge in [-0.25, -0.2) is 9.89 Å². The summed E-state index contributed by atoms with van der Waals surface area (Å²) in [5, 5.41) is 6.38. The number of aromatic amines is 1. The smallest absolute Gasteiger partial charge is 0.363 e. The van der Waals surface area contributed by atoms with Gasteiger partial charge >= 0.3 is 5.69 Å². The zero-order valence-electron chi connectivity index (χ0n) is 7.02. The average Bonchev–Trinajstić information content (AvgIpc) is 2.44. The van der Waals surface area contributed by atoms with Crippen LogP contribution in [0.5, 0.6) is 5.88 Å². The Labute approximate surface area is 73.2 Å². The first-order valence-corrected chi connectivity index (χ1v) is 3.88. The molecule has 2 aromatic heterocycles. The molecule has 0 spiro atoms. The van der Waals surface area contributed by atoms with Gasteiger partial charge in [-0.05, 0) is 13.0 Å². The van der Waals surface area contributed by atoms with Gasteiger partial charge in [0.15, 0.2) is 5.65 Å². The third kappa shape index (κ3) is 1.37. The minimum atomic E-state index is -0.416. The van der Waals surface area contributed by atoms with Crippen LogP contribution in [0.25, 0.3) is 5.65 Å². The van der Waals surface area contributed by atoms with Gasteiger partial charge in [0.2, 0.25) is 5.88 Å². The Morgan fingerprint density at radius 3 is 3.23 bits per heavy atom. The second kappa shape index (κ2) is 2.89. The Balaban J connectivity index is 2.54. The molecule has 2 heterocycles. The molecular formula is C7H8N4O2. The van der Waals surface area contributed by atoms with Crippen molar-refractivity contribution in [2.75, 3.05) is 6.61 Å². The van der Waals surface area contributed by atoms with E-state index in [2.05, 4.69) is 15.2 Å². The fourth-order valence-electron chi connectivity index (χ4n) is 1.01. The lowest BCUT2D eigenvalue weighted by molar-refractivity contribution is 0.319. The van der Waals surface area contributed by atoms with Crippen molar-refractivity contribution >= 4 is 5.65 Å². The van der Waals surface area contributed by atoms with Gasteiger partial charge in [0, 0.05) is 6.07 Å². The highest BCUT2D eigenvalue weighted by Crippen LogP contribution is 2.04. The third-order valence-corrected chi connectivity index (χ3v) is 1.50. The van der Waals surface area contributed by atoms with Crippen LogP contribution in [-0.2, 0) is 0 Å². The molecule has 0 fully saturated rings. The summed E-state index contributed by atoms with van der Waals surface area (Å²) in [6.45, 7) is 2.40. The molecule has 6 nitrogen and oxygen atoms in total. The van der Waals surface area contributed by atoms with Crippen LogP contribution in [0.2, 0.25) is 0 Å². The molecule has 0 amide bonds. The van der Waals surface area contributed by atoms with Crippen molar-refractivity contribution in [3.8, 4) is 5.88 Å². The Bertz CT molecular complexity index is 473. The minimum absolute atomic E-state index is 0.416. The fraction of sp³-hybridized carbons (Fsp3) is 0.286. The molecule has 1 N–H and O–H groups in total. The quantitative estimate of drug-likeness (QED) is 0.695. The first-order valence-electron chi connectivity index (χ1n) is 3.88. The lowest BCUT2D eigenvalue weighted by Gasteiger charge is -1.99. The molecular weight excluding hydrogens is 172 g/mol. The van der Waals surface area contributed by atoms with E-state index >= 15 is 0 Å². The molecule has 2 aromatic rings. The Hall–Kier alpha value is -1.85. The van der Waals surface area contributed by atoms with Crippen molar-refractivity contribution in [1.82, 2.24) is 19.8 Å². The second-order valence-corrected chi connectivity index (χ2v) is 2.40. The van der Waals surface area contributed by atoms with Gasteiger partial charge in [0.1, 0.15) is 0 Å². The number of hydrogen-bond acceptors (Lipinski definition) is 4. The van der Waals surface area contributed by atoms with E-state index in [0.29, 0.717) is 18.1 Å². The van der Waals surface area contributed by atoms with E-state index in [0.717, 1.165) is 0 Å². The summed E-state index contributed by atoms with van der Waals surface area (Å²) in [7, 11) is 0. The van der Waals surface area contributed by atoms with Crippen LogP contribution < -0.4 is 10.4 Å². The summed E-state index contributed by atoms with van der Waals surface area (Å²) >= 11 is 0. The average molecular weight is 180 g/mol. The van der Waals surface area contributed by atoms with Gasteiger partial charge in [-0.2, -0.15) is 4.98 Å². The molecule has 2 rings (SSSR count). The largest absolute Gasteiger partial charge is 0.477 e. The maximum Gasteiger partial charge on any atom is 0.363 e. The number of H-pyrrole nitrogens is 1. The van der Waals surface area contributed by atoms with Crippen molar-refractivity contribution in [2.45, 2.75) is 6.92 Å². The van der Waals surface area contributed by atoms with Crippen LogP contribution in [0.3, 0.4) is 0 Å². The number of aromatic nitrogens is 4. The summed E-state index contributed by atoms with van der Waals surface area (Å²) in [4.78, 5) is 14.4. The maximum atomic E-state index is 10.8. The number of hydrogen-bond donors (Lipinski definition) is 1. The minimum Gasteiger partial charge on any atom is -0.477 e. The molecule has 0 unspecified atom stereocenters. The van der Waals surface area contributed by atoms with Gasteiger partial charge in [-0.1, -0.05) is 0 Å². The van der Waals surface area contributed by atoms with Crippen LogP contribution in [0.15, 0.2) is 16.9 Å². The zero-order chi connectivity index (χ0) is 9.26. The molecule has 68 valence electrons. The van der Waals surface area contributed by atoms with Gasteiger partial charge in [-0.15, -0.1) is 9.73 Å². The molecule has 0 aliphatic heterocycles. The Morgan fingerprint density at radius 1 is 1.62 bits per heavy atom. The summed E-state index contributed by atoms with van der Waals surface area (Å²) < 4.78 is 6.43. The summed E-state index contributed by atoms with van der Waals surface area (Å²) in [6.07, 6.45) is 0. The van der Waals surface area contributed by atoms with E-state index in [1.807, 2.05) is 6.92 Å². The topological polar surface area (TPSA) is 72.3 Å². The van der Waals surface area contributed by atoms with Crippen LogP contribution >= 0.6 is 0 Å². The highest BCUT2D eigenvalue weighted by atomic mass is 16.5. The lowest BCUT2D eigenvalue weighted by atomic mass is 10.5. The molecule has 0 atom stereocenters. The van der Waals surface area contributed by atoms with Crippen LogP contribution in [-0.4, -0.2) is 26.4 Å². The summed E-state index contributed by atoms with van der Waals surface area (Å²) in [5.74, 6) is 0.462. The van der Waals surface area contributed by atoms with Crippen LogP contribution in [0.1, 0.15) is 6.92 Å². The molecule has 6 heteroatoms. The van der Waals surface area contributed by atoms with Crippen molar-refractivity contribution in [3.05, 3.63) is 22.6 Å². The zero-order valence-corrected chi connectivity index (χ0v) is 7.02. The van der Waals surface area contributed by atoms with Crippen molar-refractivity contribution < 1.29 is 4.74 Å². The predicted octanol–water partition coefficient (Wildman–Crippen LogP) is -0.184. The Kier molecular flexibility index (Phi) is 1.73. The van der Waals surface area contributed by atoms with Crippen molar-refractivity contribution in [3.63, 3.8) is 0 Å². The standard InChI is InChI=1S/C7H8N4O2/c1-2-13-6-4-3-5-8-7(12)10-11(5)9-6/h3-4H,2H2,1H3,(H,10,12). The third-order valence-electron chi connectivity index (χ3n) is 1.50. The predicted molar refractivity (Wildman–Crippen MR) is 44.8 cm³/mol. The molecule has 0 radical (unpaired) electrons. The molecule has 0 aliphatic carbocycles. The Morgan fingerprint density at radius 2 is 2.46 bits per heavy atom. The molecule has 0 aromatic carbocycles. The number of nitrogens with zero attached hydrogens (tertiary/aromatic N) is 3. The second-order valence-electron chi connectivity index (χ2n) is 2.40. The van der Waals surface area contributed by atoms with Crippen LogP contribution in [0.4, 0.5) is 0 Å². The van der Waals surface area contributed by atoms with E-state index in [1.54, 1.807) is 12.1 Å². The maximum absolute atomic E-state index is 10.8. The van der Waals surface area contributed by atoms with Gasteiger partial charge in [0.25, 0.3) is 0 Å². The molecule has 0 aliphatic rings. The highest BCUT2D eigenvalue weighted by Gasteiger charge is 2.00. The fourth-order valence-corrected chi connectivity index (χ4v) is 1.01.